The number of nitrogens with zero attached hydrogens (tertiary/aromatic N) is 1. The highest BCUT2D eigenvalue weighted by molar-refractivity contribution is 5.97. The van der Waals surface area contributed by atoms with Crippen LogP contribution in [0.3, 0.4) is 0 Å². The first kappa shape index (κ1) is 14.7. The summed E-state index contributed by atoms with van der Waals surface area (Å²) in [5, 5.41) is 5.91. The maximum Gasteiger partial charge on any atom is 0.244 e. The molecule has 1 rings (SSSR count). The van der Waals surface area contributed by atoms with Gasteiger partial charge in [-0.15, -0.1) is 0 Å². The number of hydrogen-bond donors (Lipinski definition) is 2. The van der Waals surface area contributed by atoms with Gasteiger partial charge in [-0.2, -0.15) is 0 Å². The van der Waals surface area contributed by atoms with Crippen molar-refractivity contribution in [2.75, 3.05) is 26.5 Å². The zero-order chi connectivity index (χ0) is 13.8. The molecule has 0 saturated heterocycles. The van der Waals surface area contributed by atoms with Crippen LogP contribution in [0.1, 0.15) is 19.4 Å². The number of benzene rings is 1. The van der Waals surface area contributed by atoms with E-state index in [1.165, 1.54) is 5.56 Å². The van der Waals surface area contributed by atoms with Crippen molar-refractivity contribution in [3.8, 4) is 0 Å². The quantitative estimate of drug-likeness (QED) is 0.834. The molecule has 0 heterocycles. The number of anilines is 1. The maximum atomic E-state index is 12.0. The molecule has 1 aromatic rings. The van der Waals surface area contributed by atoms with Gasteiger partial charge in [-0.3, -0.25) is 4.79 Å². The predicted octanol–water partition coefficient (Wildman–Crippen LogP) is 1.68. The predicted molar refractivity (Wildman–Crippen MR) is 75.6 cm³/mol. The van der Waals surface area contributed by atoms with Gasteiger partial charge in [-0.05, 0) is 52.7 Å². The van der Waals surface area contributed by atoms with Gasteiger partial charge in [0.2, 0.25) is 5.91 Å². The molecule has 0 aliphatic heterocycles. The zero-order valence-corrected chi connectivity index (χ0v) is 11.9. The molecule has 4 nitrogen and oxygen atoms in total. The van der Waals surface area contributed by atoms with E-state index in [2.05, 4.69) is 21.6 Å². The van der Waals surface area contributed by atoms with E-state index in [1.54, 1.807) is 7.05 Å². The molecule has 2 N–H and O–H groups in total. The Morgan fingerprint density at radius 2 is 2.00 bits per heavy atom. The van der Waals surface area contributed by atoms with Crippen molar-refractivity contribution in [1.29, 1.82) is 0 Å². The molecule has 1 amide bonds. The minimum absolute atomic E-state index is 0.0352. The zero-order valence-electron chi connectivity index (χ0n) is 11.9. The molecule has 18 heavy (non-hydrogen) atoms. The largest absolute Gasteiger partial charge is 0.324 e. The number of rotatable bonds is 5. The minimum Gasteiger partial charge on any atom is -0.324 e. The summed E-state index contributed by atoms with van der Waals surface area (Å²) in [4.78, 5) is 14.1. The van der Waals surface area contributed by atoms with Crippen molar-refractivity contribution in [2.45, 2.75) is 25.9 Å². The van der Waals surface area contributed by atoms with Crippen LogP contribution in [-0.4, -0.2) is 37.5 Å². The first-order valence-electron chi connectivity index (χ1n) is 6.09. The third-order valence-corrected chi connectivity index (χ3v) is 2.88. The topological polar surface area (TPSA) is 44.4 Å². The van der Waals surface area contributed by atoms with E-state index in [0.717, 1.165) is 12.2 Å². The molecule has 0 aromatic heterocycles. The van der Waals surface area contributed by atoms with Crippen LogP contribution in [0.25, 0.3) is 0 Å². The summed E-state index contributed by atoms with van der Waals surface area (Å²) in [6.45, 7) is 4.57. The molecule has 0 radical (unpaired) electrons. The SMILES string of the molecule is CNC(C)(C)C(=O)Nc1cccc(CN(C)C)c1. The molecule has 0 bridgehead atoms. The van der Waals surface area contributed by atoms with Gasteiger partial charge in [0.25, 0.3) is 0 Å². The molecule has 0 aliphatic rings. The van der Waals surface area contributed by atoms with Crippen LogP contribution in [0, 0.1) is 0 Å². The highest BCUT2D eigenvalue weighted by Crippen LogP contribution is 2.14. The lowest BCUT2D eigenvalue weighted by molar-refractivity contribution is -0.121. The fraction of sp³-hybridized carbons (Fsp3) is 0.500. The van der Waals surface area contributed by atoms with Gasteiger partial charge in [-0.25, -0.2) is 0 Å². The van der Waals surface area contributed by atoms with Crippen LogP contribution in [0.4, 0.5) is 5.69 Å². The monoisotopic (exact) mass is 249 g/mol. The molecule has 0 atom stereocenters. The Balaban J connectivity index is 2.76. The lowest BCUT2D eigenvalue weighted by Gasteiger charge is -2.23. The van der Waals surface area contributed by atoms with Gasteiger partial charge in [0.15, 0.2) is 0 Å². The normalized spacial score (nSPS) is 11.7. The Kier molecular flexibility index (Phi) is 4.87. The lowest BCUT2D eigenvalue weighted by Crippen LogP contribution is -2.47. The van der Waals surface area contributed by atoms with Crippen LogP contribution >= 0.6 is 0 Å². The van der Waals surface area contributed by atoms with Crippen molar-refractivity contribution in [2.24, 2.45) is 0 Å². The standard InChI is InChI=1S/C14H23N3O/c1-14(2,15-3)13(18)16-12-8-6-7-11(9-12)10-17(4)5/h6-9,15H,10H2,1-5H3,(H,16,18). The van der Waals surface area contributed by atoms with Gasteiger partial charge in [0, 0.05) is 12.2 Å². The summed E-state index contributed by atoms with van der Waals surface area (Å²) >= 11 is 0. The molecule has 0 spiro atoms. The van der Waals surface area contributed by atoms with Crippen LogP contribution in [0.15, 0.2) is 24.3 Å². The average Bonchev–Trinajstić information content (AvgIpc) is 2.28. The van der Waals surface area contributed by atoms with Crippen molar-refractivity contribution in [3.05, 3.63) is 29.8 Å². The second-order valence-corrected chi connectivity index (χ2v) is 5.27. The number of nitrogens with one attached hydrogen (secondary N) is 2. The molecular weight excluding hydrogens is 226 g/mol. The number of amides is 1. The fourth-order valence-electron chi connectivity index (χ4n) is 1.51. The van der Waals surface area contributed by atoms with Crippen molar-refractivity contribution in [1.82, 2.24) is 10.2 Å². The van der Waals surface area contributed by atoms with Crippen LogP contribution < -0.4 is 10.6 Å². The Morgan fingerprint density at radius 1 is 1.33 bits per heavy atom. The van der Waals surface area contributed by atoms with Crippen LogP contribution in [0.2, 0.25) is 0 Å². The van der Waals surface area contributed by atoms with Crippen molar-refractivity contribution >= 4 is 11.6 Å². The van der Waals surface area contributed by atoms with Gasteiger partial charge >= 0.3 is 0 Å². The minimum atomic E-state index is -0.572. The number of hydrogen-bond acceptors (Lipinski definition) is 3. The lowest BCUT2D eigenvalue weighted by atomic mass is 10.0. The molecule has 100 valence electrons. The molecule has 0 fully saturated rings. The van der Waals surface area contributed by atoms with E-state index < -0.39 is 5.54 Å². The van der Waals surface area contributed by atoms with Crippen LogP contribution in [0.5, 0.6) is 0 Å². The third-order valence-electron chi connectivity index (χ3n) is 2.88. The summed E-state index contributed by atoms with van der Waals surface area (Å²) in [5.74, 6) is -0.0352. The Bertz CT molecular complexity index is 413. The van der Waals surface area contributed by atoms with Gasteiger partial charge in [0.1, 0.15) is 0 Å². The second-order valence-electron chi connectivity index (χ2n) is 5.27. The Morgan fingerprint density at radius 3 is 2.56 bits per heavy atom. The molecule has 0 aliphatic carbocycles. The van der Waals surface area contributed by atoms with Crippen LogP contribution in [-0.2, 0) is 11.3 Å². The average molecular weight is 249 g/mol. The first-order chi connectivity index (χ1) is 8.35. The first-order valence-corrected chi connectivity index (χ1v) is 6.09. The maximum absolute atomic E-state index is 12.0. The van der Waals surface area contributed by atoms with E-state index in [4.69, 9.17) is 0 Å². The molecular formula is C14H23N3O. The van der Waals surface area contributed by atoms with E-state index in [9.17, 15) is 4.79 Å². The summed E-state index contributed by atoms with van der Waals surface area (Å²) in [6, 6.07) is 7.92. The van der Waals surface area contributed by atoms with Crippen molar-refractivity contribution < 1.29 is 4.79 Å². The molecule has 4 heteroatoms. The summed E-state index contributed by atoms with van der Waals surface area (Å²) in [6.07, 6.45) is 0. The molecule has 0 unspecified atom stereocenters. The molecule has 0 saturated carbocycles. The third kappa shape index (κ3) is 4.13. The number of carbonyl (C=O) groups excluding carboxylic acids is 1. The molecule has 1 aromatic carbocycles. The van der Waals surface area contributed by atoms with E-state index >= 15 is 0 Å². The number of likely N-dealkylation sites (N-methyl/N-ethyl adjacent to an activating group) is 1. The van der Waals surface area contributed by atoms with Gasteiger partial charge in [0.05, 0.1) is 5.54 Å². The smallest absolute Gasteiger partial charge is 0.244 e. The summed E-state index contributed by atoms with van der Waals surface area (Å²) in [5.41, 5.74) is 1.44. The Hall–Kier alpha value is -1.39. The highest BCUT2D eigenvalue weighted by Gasteiger charge is 2.24. The van der Waals surface area contributed by atoms with Gasteiger partial charge < -0.3 is 15.5 Å². The number of carbonyl (C=O) groups is 1. The fourth-order valence-corrected chi connectivity index (χ4v) is 1.51. The van der Waals surface area contributed by atoms with E-state index in [1.807, 2.05) is 46.1 Å². The highest BCUT2D eigenvalue weighted by atomic mass is 16.2. The summed E-state index contributed by atoms with van der Waals surface area (Å²) < 4.78 is 0. The second kappa shape index (κ2) is 5.98. The Labute approximate surface area is 109 Å². The van der Waals surface area contributed by atoms with E-state index in [0.29, 0.717) is 0 Å². The van der Waals surface area contributed by atoms with Crippen molar-refractivity contribution in [3.63, 3.8) is 0 Å². The summed E-state index contributed by atoms with van der Waals surface area (Å²) in [7, 11) is 5.83. The van der Waals surface area contributed by atoms with E-state index in [-0.39, 0.29) is 5.91 Å². The van der Waals surface area contributed by atoms with Gasteiger partial charge in [-0.1, -0.05) is 12.1 Å².